The maximum Gasteiger partial charge on any atom is 0.151 e. The summed E-state index contributed by atoms with van der Waals surface area (Å²) in [7, 11) is 3.25. The maximum atomic E-state index is 6.56. The number of aromatic nitrogens is 4. The normalized spacial score (nSPS) is 10.9. The number of hydrogen-bond acceptors (Lipinski definition) is 6. The minimum Gasteiger partial charge on any atom is -0.497 e. The molecule has 0 aliphatic rings. The topological polar surface area (TPSA) is 74.1 Å². The van der Waals surface area contributed by atoms with Gasteiger partial charge in [0.2, 0.25) is 0 Å². The van der Waals surface area contributed by atoms with Gasteiger partial charge in [0, 0.05) is 36.4 Å². The molecule has 1 N–H and O–H groups in total. The van der Waals surface area contributed by atoms with E-state index in [0.717, 1.165) is 33.7 Å². The molecular formula is C21H19Cl2N5O2. The molecule has 30 heavy (non-hydrogen) atoms. The zero-order chi connectivity index (χ0) is 21.1. The van der Waals surface area contributed by atoms with Gasteiger partial charge in [-0.15, -0.1) is 11.6 Å². The van der Waals surface area contributed by atoms with Gasteiger partial charge in [-0.05, 0) is 23.8 Å². The van der Waals surface area contributed by atoms with Crippen LogP contribution in [0.25, 0.3) is 16.7 Å². The van der Waals surface area contributed by atoms with Crippen LogP contribution in [-0.4, -0.2) is 33.7 Å². The van der Waals surface area contributed by atoms with Crippen LogP contribution in [0.5, 0.6) is 11.5 Å². The number of ether oxygens (including phenoxy) is 2. The van der Waals surface area contributed by atoms with Gasteiger partial charge in [-0.2, -0.15) is 0 Å². The first-order valence-corrected chi connectivity index (χ1v) is 10.0. The Hall–Kier alpha value is -3.03. The van der Waals surface area contributed by atoms with Crippen molar-refractivity contribution in [3.05, 3.63) is 65.3 Å². The first-order valence-electron chi connectivity index (χ1n) is 9.11. The van der Waals surface area contributed by atoms with Crippen LogP contribution in [0.3, 0.4) is 0 Å². The van der Waals surface area contributed by atoms with Crippen molar-refractivity contribution in [3.8, 4) is 17.2 Å². The molecule has 0 atom stereocenters. The van der Waals surface area contributed by atoms with Gasteiger partial charge in [0.25, 0.3) is 0 Å². The molecule has 0 spiro atoms. The van der Waals surface area contributed by atoms with Gasteiger partial charge in [0.15, 0.2) is 5.65 Å². The number of nitrogens with one attached hydrogen (secondary N) is 1. The van der Waals surface area contributed by atoms with Crippen molar-refractivity contribution in [2.45, 2.75) is 12.4 Å². The highest BCUT2D eigenvalue weighted by Gasteiger charge is 2.16. The Balaban J connectivity index is 1.69. The number of halogens is 2. The second-order valence-corrected chi connectivity index (χ2v) is 7.16. The van der Waals surface area contributed by atoms with E-state index >= 15 is 0 Å². The molecule has 9 heteroatoms. The highest BCUT2D eigenvalue weighted by molar-refractivity contribution is 6.36. The zero-order valence-electron chi connectivity index (χ0n) is 16.4. The van der Waals surface area contributed by atoms with E-state index in [1.54, 1.807) is 32.8 Å². The SMILES string of the molecule is COc1ccc(CNc2ncnc3c2c(Cl)cn3-c2cncc(CCl)c2)c(OC)c1. The summed E-state index contributed by atoms with van der Waals surface area (Å²) >= 11 is 12.5. The second-order valence-electron chi connectivity index (χ2n) is 6.48. The molecule has 0 fully saturated rings. The summed E-state index contributed by atoms with van der Waals surface area (Å²) < 4.78 is 12.6. The molecule has 0 saturated heterocycles. The molecular weight excluding hydrogens is 425 g/mol. The Kier molecular flexibility index (Phi) is 5.92. The highest BCUT2D eigenvalue weighted by Crippen LogP contribution is 2.32. The Morgan fingerprint density at radius 2 is 1.97 bits per heavy atom. The number of pyridine rings is 1. The van der Waals surface area contributed by atoms with Gasteiger partial charge in [0.05, 0.1) is 36.5 Å². The predicted octanol–water partition coefficient (Wildman–Crippen LogP) is 4.84. The fraction of sp³-hybridized carbons (Fsp3) is 0.190. The molecule has 3 heterocycles. The van der Waals surface area contributed by atoms with E-state index in [2.05, 4.69) is 20.3 Å². The van der Waals surface area contributed by atoms with Gasteiger partial charge in [-0.1, -0.05) is 11.6 Å². The molecule has 4 aromatic rings. The van der Waals surface area contributed by atoms with Crippen molar-refractivity contribution in [2.24, 2.45) is 0 Å². The Morgan fingerprint density at radius 1 is 1.10 bits per heavy atom. The van der Waals surface area contributed by atoms with E-state index in [4.69, 9.17) is 32.7 Å². The summed E-state index contributed by atoms with van der Waals surface area (Å²) in [6, 6.07) is 7.62. The smallest absolute Gasteiger partial charge is 0.151 e. The van der Waals surface area contributed by atoms with Crippen molar-refractivity contribution in [1.29, 1.82) is 0 Å². The third-order valence-electron chi connectivity index (χ3n) is 4.69. The lowest BCUT2D eigenvalue weighted by Crippen LogP contribution is -2.05. The van der Waals surface area contributed by atoms with Crippen LogP contribution >= 0.6 is 23.2 Å². The van der Waals surface area contributed by atoms with E-state index in [9.17, 15) is 0 Å². The van der Waals surface area contributed by atoms with Crippen LogP contribution in [-0.2, 0) is 12.4 Å². The number of methoxy groups -OCH3 is 2. The summed E-state index contributed by atoms with van der Waals surface area (Å²) in [6.45, 7) is 0.490. The fourth-order valence-electron chi connectivity index (χ4n) is 3.20. The van der Waals surface area contributed by atoms with E-state index in [1.807, 2.05) is 28.8 Å². The minimum absolute atomic E-state index is 0.374. The van der Waals surface area contributed by atoms with Gasteiger partial charge in [-0.25, -0.2) is 9.97 Å². The number of hydrogen-bond donors (Lipinski definition) is 1. The van der Waals surface area contributed by atoms with Crippen molar-refractivity contribution in [3.63, 3.8) is 0 Å². The third kappa shape index (κ3) is 3.86. The molecule has 0 unspecified atom stereocenters. The average Bonchev–Trinajstić information content (AvgIpc) is 3.14. The predicted molar refractivity (Wildman–Crippen MR) is 118 cm³/mol. The van der Waals surface area contributed by atoms with E-state index in [-0.39, 0.29) is 0 Å². The van der Waals surface area contributed by atoms with Crippen molar-refractivity contribution in [1.82, 2.24) is 19.5 Å². The summed E-state index contributed by atoms with van der Waals surface area (Å²) in [4.78, 5) is 13.1. The first kappa shape index (κ1) is 20.3. The maximum absolute atomic E-state index is 6.56. The molecule has 0 radical (unpaired) electrons. The van der Waals surface area contributed by atoms with Crippen LogP contribution < -0.4 is 14.8 Å². The van der Waals surface area contributed by atoms with Gasteiger partial charge >= 0.3 is 0 Å². The molecule has 4 rings (SSSR count). The monoisotopic (exact) mass is 443 g/mol. The summed E-state index contributed by atoms with van der Waals surface area (Å²) in [6.07, 6.45) is 6.77. The van der Waals surface area contributed by atoms with Gasteiger partial charge in [-0.3, -0.25) is 9.55 Å². The van der Waals surface area contributed by atoms with Crippen molar-refractivity contribution < 1.29 is 9.47 Å². The number of alkyl halides is 1. The van der Waals surface area contributed by atoms with Crippen LogP contribution in [0.4, 0.5) is 5.82 Å². The number of fused-ring (bicyclic) bond motifs is 1. The van der Waals surface area contributed by atoms with Crippen LogP contribution in [0, 0.1) is 0 Å². The quantitative estimate of drug-likeness (QED) is 0.412. The van der Waals surface area contributed by atoms with Crippen LogP contribution in [0.15, 0.2) is 49.2 Å². The van der Waals surface area contributed by atoms with E-state index in [1.165, 1.54) is 6.33 Å². The summed E-state index contributed by atoms with van der Waals surface area (Å²) in [5.41, 5.74) is 3.37. The summed E-state index contributed by atoms with van der Waals surface area (Å²) in [5, 5.41) is 4.60. The Morgan fingerprint density at radius 3 is 2.73 bits per heavy atom. The Bertz CT molecular complexity index is 1200. The summed E-state index contributed by atoms with van der Waals surface area (Å²) in [5.74, 6) is 2.45. The van der Waals surface area contributed by atoms with Crippen molar-refractivity contribution in [2.75, 3.05) is 19.5 Å². The van der Waals surface area contributed by atoms with Crippen molar-refractivity contribution >= 4 is 40.1 Å². The molecule has 7 nitrogen and oxygen atoms in total. The van der Waals surface area contributed by atoms with Gasteiger partial charge < -0.3 is 14.8 Å². The molecule has 1 aromatic carbocycles. The fourth-order valence-corrected chi connectivity index (χ4v) is 3.62. The lowest BCUT2D eigenvalue weighted by Gasteiger charge is -2.12. The highest BCUT2D eigenvalue weighted by atomic mass is 35.5. The number of benzene rings is 1. The Labute approximate surface area is 183 Å². The lowest BCUT2D eigenvalue weighted by atomic mass is 10.2. The molecule has 0 saturated carbocycles. The standard InChI is InChI=1S/C21H19Cl2N5O2/c1-29-16-4-3-14(18(6-16)30-2)9-25-20-19-17(23)11-28(21(19)27-12-26-20)15-5-13(7-22)8-24-10-15/h3-6,8,10-12H,7,9H2,1-2H3,(H,25,26,27). The van der Waals surface area contributed by atoms with Gasteiger partial charge in [0.1, 0.15) is 23.6 Å². The number of nitrogens with zero attached hydrogens (tertiary/aromatic N) is 4. The molecule has 154 valence electrons. The largest absolute Gasteiger partial charge is 0.497 e. The molecule has 0 bridgehead atoms. The molecule has 0 aliphatic heterocycles. The van der Waals surface area contributed by atoms with Crippen LogP contribution in [0.2, 0.25) is 5.02 Å². The molecule has 0 amide bonds. The molecule has 3 aromatic heterocycles. The number of anilines is 1. The van der Waals surface area contributed by atoms with E-state index < -0.39 is 0 Å². The first-order chi connectivity index (χ1) is 14.6. The van der Waals surface area contributed by atoms with Crippen LogP contribution in [0.1, 0.15) is 11.1 Å². The number of rotatable bonds is 7. The second kappa shape index (κ2) is 8.77. The lowest BCUT2D eigenvalue weighted by molar-refractivity contribution is 0.391. The minimum atomic E-state index is 0.374. The molecule has 0 aliphatic carbocycles. The van der Waals surface area contributed by atoms with E-state index in [0.29, 0.717) is 28.9 Å². The average molecular weight is 444 g/mol. The zero-order valence-corrected chi connectivity index (χ0v) is 17.9. The third-order valence-corrected chi connectivity index (χ3v) is 5.29.